The molecule has 0 radical (unpaired) electrons. The lowest BCUT2D eigenvalue weighted by Crippen LogP contribution is -2.06. The zero-order valence-electron chi connectivity index (χ0n) is 20.5. The van der Waals surface area contributed by atoms with Gasteiger partial charge in [0.1, 0.15) is 33.9 Å². The van der Waals surface area contributed by atoms with Crippen LogP contribution in [0.5, 0.6) is 5.75 Å². The topological polar surface area (TPSA) is 69.9 Å². The van der Waals surface area contributed by atoms with Crippen molar-refractivity contribution in [2.45, 2.75) is 13.8 Å². The number of methoxy groups -OCH3 is 1. The molecule has 186 valence electrons. The first kappa shape index (κ1) is 25.9. The SMILES string of the molecule is COc1cccc(F)c1-c1cccc(-n2cnc(C(=O)c3ncccc3C)c2)c1.Cc1cccnc1Br. The van der Waals surface area contributed by atoms with E-state index in [2.05, 4.69) is 30.9 Å². The molecule has 0 aliphatic carbocycles. The summed E-state index contributed by atoms with van der Waals surface area (Å²) in [6.45, 7) is 3.85. The smallest absolute Gasteiger partial charge is 0.231 e. The van der Waals surface area contributed by atoms with Crippen LogP contribution in [-0.2, 0) is 0 Å². The first-order valence-corrected chi connectivity index (χ1v) is 12.2. The van der Waals surface area contributed by atoms with Gasteiger partial charge in [-0.2, -0.15) is 0 Å². The number of ketones is 1. The van der Waals surface area contributed by atoms with E-state index in [0.29, 0.717) is 28.3 Å². The summed E-state index contributed by atoms with van der Waals surface area (Å²) in [5.41, 5.74) is 4.44. The Morgan fingerprint density at radius 3 is 2.32 bits per heavy atom. The van der Waals surface area contributed by atoms with Crippen LogP contribution in [0.2, 0.25) is 0 Å². The number of nitrogens with zero attached hydrogens (tertiary/aromatic N) is 4. The molecular weight excluding hydrogens is 535 g/mol. The van der Waals surface area contributed by atoms with Crippen molar-refractivity contribution in [3.05, 3.63) is 125 Å². The van der Waals surface area contributed by atoms with Gasteiger partial charge in [-0.05, 0) is 82.9 Å². The van der Waals surface area contributed by atoms with Crippen molar-refractivity contribution in [3.8, 4) is 22.6 Å². The normalized spacial score (nSPS) is 10.4. The number of carbonyl (C=O) groups excluding carboxylic acids is 1. The van der Waals surface area contributed by atoms with E-state index in [1.165, 1.54) is 18.7 Å². The van der Waals surface area contributed by atoms with Gasteiger partial charge in [-0.15, -0.1) is 0 Å². The summed E-state index contributed by atoms with van der Waals surface area (Å²) < 4.78 is 22.4. The number of aryl methyl sites for hydroxylation is 2. The summed E-state index contributed by atoms with van der Waals surface area (Å²) in [6, 6.07) is 19.6. The van der Waals surface area contributed by atoms with Crippen LogP contribution in [0.4, 0.5) is 4.39 Å². The minimum atomic E-state index is -0.367. The summed E-state index contributed by atoms with van der Waals surface area (Å²) in [4.78, 5) is 25.1. The molecule has 5 rings (SSSR count). The van der Waals surface area contributed by atoms with Gasteiger partial charge < -0.3 is 9.30 Å². The summed E-state index contributed by atoms with van der Waals surface area (Å²) in [5.74, 6) is -0.156. The number of hydrogen-bond donors (Lipinski definition) is 0. The Hall–Kier alpha value is -4.17. The first-order valence-electron chi connectivity index (χ1n) is 11.4. The van der Waals surface area contributed by atoms with Gasteiger partial charge in [-0.25, -0.2) is 14.4 Å². The maximum atomic E-state index is 14.4. The summed E-state index contributed by atoms with van der Waals surface area (Å²) in [7, 11) is 1.51. The van der Waals surface area contributed by atoms with Crippen molar-refractivity contribution in [1.82, 2.24) is 19.5 Å². The minimum Gasteiger partial charge on any atom is -0.496 e. The molecule has 0 saturated heterocycles. The molecule has 2 aromatic carbocycles. The highest BCUT2D eigenvalue weighted by Crippen LogP contribution is 2.33. The summed E-state index contributed by atoms with van der Waals surface area (Å²) in [6.07, 6.45) is 6.55. The van der Waals surface area contributed by atoms with Crippen molar-refractivity contribution < 1.29 is 13.9 Å². The molecule has 37 heavy (non-hydrogen) atoms. The number of rotatable bonds is 5. The molecule has 0 atom stereocenters. The third kappa shape index (κ3) is 5.98. The van der Waals surface area contributed by atoms with Gasteiger partial charge in [-0.1, -0.05) is 30.3 Å². The van der Waals surface area contributed by atoms with Crippen LogP contribution < -0.4 is 4.74 Å². The lowest BCUT2D eigenvalue weighted by atomic mass is 10.0. The van der Waals surface area contributed by atoms with Crippen molar-refractivity contribution in [2.75, 3.05) is 7.11 Å². The van der Waals surface area contributed by atoms with Gasteiger partial charge in [0.2, 0.25) is 5.78 Å². The van der Waals surface area contributed by atoms with Gasteiger partial charge in [-0.3, -0.25) is 9.78 Å². The lowest BCUT2D eigenvalue weighted by molar-refractivity contribution is 0.102. The van der Waals surface area contributed by atoms with Crippen molar-refractivity contribution in [2.24, 2.45) is 0 Å². The second-order valence-corrected chi connectivity index (χ2v) is 8.89. The molecule has 3 heterocycles. The Labute approximate surface area is 223 Å². The van der Waals surface area contributed by atoms with E-state index in [1.807, 2.05) is 56.3 Å². The first-order chi connectivity index (χ1) is 17.9. The van der Waals surface area contributed by atoms with Gasteiger partial charge in [0.25, 0.3) is 0 Å². The summed E-state index contributed by atoms with van der Waals surface area (Å²) in [5, 5.41) is 0. The zero-order chi connectivity index (χ0) is 26.4. The second-order valence-electron chi connectivity index (χ2n) is 8.14. The Bertz CT molecular complexity index is 1530. The molecule has 0 amide bonds. The molecule has 0 fully saturated rings. The van der Waals surface area contributed by atoms with Gasteiger partial charge in [0.05, 0.1) is 12.7 Å². The average Bonchev–Trinajstić information content (AvgIpc) is 3.41. The second kappa shape index (κ2) is 11.7. The van der Waals surface area contributed by atoms with Crippen LogP contribution in [0.15, 0.2) is 96.3 Å². The summed E-state index contributed by atoms with van der Waals surface area (Å²) >= 11 is 3.28. The molecule has 5 aromatic rings. The van der Waals surface area contributed by atoms with E-state index in [-0.39, 0.29) is 11.6 Å². The molecule has 8 heteroatoms. The van der Waals surface area contributed by atoms with E-state index >= 15 is 0 Å². The quantitative estimate of drug-likeness (QED) is 0.176. The highest BCUT2D eigenvalue weighted by Gasteiger charge is 2.17. The third-order valence-corrected chi connectivity index (χ3v) is 6.44. The van der Waals surface area contributed by atoms with E-state index in [4.69, 9.17) is 4.74 Å². The molecule has 6 nitrogen and oxygen atoms in total. The monoisotopic (exact) mass is 558 g/mol. The van der Waals surface area contributed by atoms with Crippen molar-refractivity contribution in [3.63, 3.8) is 0 Å². The molecular formula is C29H24BrFN4O2. The number of ether oxygens (including phenoxy) is 1. The van der Waals surface area contributed by atoms with Gasteiger partial charge in [0, 0.05) is 24.3 Å². The number of benzene rings is 2. The fourth-order valence-electron chi connectivity index (χ4n) is 3.67. The van der Waals surface area contributed by atoms with Crippen molar-refractivity contribution in [1.29, 1.82) is 0 Å². The predicted molar refractivity (Wildman–Crippen MR) is 145 cm³/mol. The molecule has 0 aliphatic heterocycles. The third-order valence-electron chi connectivity index (χ3n) is 5.61. The van der Waals surface area contributed by atoms with E-state index in [9.17, 15) is 9.18 Å². The van der Waals surface area contributed by atoms with Gasteiger partial charge >= 0.3 is 0 Å². The number of aromatic nitrogens is 4. The highest BCUT2D eigenvalue weighted by atomic mass is 79.9. The largest absolute Gasteiger partial charge is 0.496 e. The Morgan fingerprint density at radius 2 is 1.65 bits per heavy atom. The minimum absolute atomic E-state index is 0.242. The molecule has 0 aliphatic rings. The van der Waals surface area contributed by atoms with Crippen LogP contribution in [0.25, 0.3) is 16.8 Å². The van der Waals surface area contributed by atoms with E-state index in [0.717, 1.165) is 15.9 Å². The number of halogens is 2. The highest BCUT2D eigenvalue weighted by molar-refractivity contribution is 9.10. The van der Waals surface area contributed by atoms with E-state index < -0.39 is 0 Å². The molecule has 0 spiro atoms. The predicted octanol–water partition coefficient (Wildman–Crippen LogP) is 6.77. The van der Waals surface area contributed by atoms with Crippen LogP contribution in [0.1, 0.15) is 27.3 Å². The average molecular weight is 559 g/mol. The molecule has 0 unspecified atom stereocenters. The fraction of sp³-hybridized carbons (Fsp3) is 0.103. The number of pyridine rings is 2. The zero-order valence-corrected chi connectivity index (χ0v) is 22.1. The van der Waals surface area contributed by atoms with Crippen LogP contribution >= 0.6 is 15.9 Å². The van der Waals surface area contributed by atoms with Gasteiger partial charge in [0.15, 0.2) is 0 Å². The van der Waals surface area contributed by atoms with Crippen LogP contribution in [-0.4, -0.2) is 32.4 Å². The fourth-order valence-corrected chi connectivity index (χ4v) is 3.92. The number of hydrogen-bond acceptors (Lipinski definition) is 5. The van der Waals surface area contributed by atoms with Crippen LogP contribution in [0.3, 0.4) is 0 Å². The number of imidazole rings is 1. The molecule has 3 aromatic heterocycles. The Morgan fingerprint density at radius 1 is 0.919 bits per heavy atom. The maximum Gasteiger partial charge on any atom is 0.231 e. The Balaban J connectivity index is 0.000000342. The standard InChI is InChI=1S/C23H18FN3O2.C6H6BrN/c1-15-6-5-11-25-22(15)23(28)19-13-27(14-26-19)17-8-3-7-16(12-17)21-18(24)9-4-10-20(21)29-2;1-5-3-2-4-8-6(5)7/h3-14H,1-2H3;2-4H,1H3. The van der Waals surface area contributed by atoms with Crippen molar-refractivity contribution >= 4 is 21.7 Å². The molecule has 0 N–H and O–H groups in total. The lowest BCUT2D eigenvalue weighted by Gasteiger charge is -2.11. The van der Waals surface area contributed by atoms with E-state index in [1.54, 1.807) is 47.7 Å². The molecule has 0 saturated carbocycles. The Kier molecular flexibility index (Phi) is 8.20. The number of carbonyl (C=O) groups is 1. The maximum absolute atomic E-state index is 14.4. The van der Waals surface area contributed by atoms with Crippen LogP contribution in [0, 0.1) is 19.7 Å². The molecule has 0 bridgehead atoms.